The first-order valence-electron chi connectivity index (χ1n) is 8.43. The highest BCUT2D eigenvalue weighted by atomic mass is 16.5. The lowest BCUT2D eigenvalue weighted by atomic mass is 9.94. The van der Waals surface area contributed by atoms with Crippen molar-refractivity contribution in [1.29, 1.82) is 0 Å². The van der Waals surface area contributed by atoms with Gasteiger partial charge in [-0.05, 0) is 26.7 Å². The van der Waals surface area contributed by atoms with Crippen molar-refractivity contribution in [2.45, 2.75) is 57.8 Å². The molecule has 6 nitrogen and oxygen atoms in total. The quantitative estimate of drug-likeness (QED) is 0.831. The molecule has 3 rings (SSSR count). The third kappa shape index (κ3) is 3.19. The predicted molar refractivity (Wildman–Crippen MR) is 83.6 cm³/mol. The van der Waals surface area contributed by atoms with Crippen molar-refractivity contribution in [2.24, 2.45) is 5.92 Å². The van der Waals surface area contributed by atoms with Crippen molar-refractivity contribution in [3.63, 3.8) is 0 Å². The molecule has 22 heavy (non-hydrogen) atoms. The second kappa shape index (κ2) is 7.06. The number of morpholine rings is 1. The van der Waals surface area contributed by atoms with Crippen molar-refractivity contribution in [3.8, 4) is 0 Å². The summed E-state index contributed by atoms with van der Waals surface area (Å²) in [5.41, 5.74) is 0. The molecule has 2 fully saturated rings. The topological polar surface area (TPSA) is 52.4 Å². The normalized spacial score (nSPS) is 30.3. The SMILES string of the molecule is CO[C@@H]1CCC[C@@H]1[C@@H]1COCCN1Cc1ncnn1C(C)C. The van der Waals surface area contributed by atoms with E-state index in [1.165, 1.54) is 19.3 Å². The smallest absolute Gasteiger partial charge is 0.141 e. The Morgan fingerprint density at radius 1 is 1.41 bits per heavy atom. The summed E-state index contributed by atoms with van der Waals surface area (Å²) in [6.45, 7) is 7.71. The molecular weight excluding hydrogens is 280 g/mol. The van der Waals surface area contributed by atoms with Gasteiger partial charge in [0.05, 0.1) is 25.9 Å². The van der Waals surface area contributed by atoms with Crippen LogP contribution in [0, 0.1) is 5.92 Å². The highest BCUT2D eigenvalue weighted by Crippen LogP contribution is 2.34. The lowest BCUT2D eigenvalue weighted by molar-refractivity contribution is -0.0620. The standard InChI is InChI=1S/C16H28N4O2/c1-12(2)20-16(17-11-18-20)9-19-7-8-22-10-14(19)13-5-4-6-15(13)21-3/h11-15H,4-10H2,1-3H3/t13-,14+,15-/m1/s1. The molecule has 1 aliphatic carbocycles. The molecule has 124 valence electrons. The van der Waals surface area contributed by atoms with Crippen LogP contribution in [0.5, 0.6) is 0 Å². The molecule has 0 bridgehead atoms. The van der Waals surface area contributed by atoms with Gasteiger partial charge in [-0.2, -0.15) is 5.10 Å². The fourth-order valence-corrected chi connectivity index (χ4v) is 3.94. The van der Waals surface area contributed by atoms with Crippen LogP contribution in [-0.4, -0.2) is 58.7 Å². The number of methoxy groups -OCH3 is 1. The van der Waals surface area contributed by atoms with Crippen LogP contribution in [0.15, 0.2) is 6.33 Å². The Hall–Kier alpha value is -0.980. The van der Waals surface area contributed by atoms with Gasteiger partial charge in [0.15, 0.2) is 0 Å². The minimum absolute atomic E-state index is 0.343. The predicted octanol–water partition coefficient (Wildman–Crippen LogP) is 1.87. The number of hydrogen-bond acceptors (Lipinski definition) is 5. The number of hydrogen-bond donors (Lipinski definition) is 0. The van der Waals surface area contributed by atoms with Crippen molar-refractivity contribution in [1.82, 2.24) is 19.7 Å². The van der Waals surface area contributed by atoms with Gasteiger partial charge in [-0.1, -0.05) is 6.42 Å². The summed E-state index contributed by atoms with van der Waals surface area (Å²) in [5, 5.41) is 4.36. The Balaban J connectivity index is 1.74. The molecule has 0 spiro atoms. The molecule has 3 atom stereocenters. The highest BCUT2D eigenvalue weighted by Gasteiger charge is 2.38. The van der Waals surface area contributed by atoms with E-state index in [2.05, 4.69) is 28.8 Å². The van der Waals surface area contributed by atoms with Gasteiger partial charge in [-0.15, -0.1) is 0 Å². The number of aromatic nitrogens is 3. The van der Waals surface area contributed by atoms with E-state index in [0.717, 1.165) is 32.1 Å². The molecule has 1 aromatic heterocycles. The van der Waals surface area contributed by atoms with Crippen molar-refractivity contribution in [2.75, 3.05) is 26.9 Å². The molecule has 1 aromatic rings. The van der Waals surface area contributed by atoms with Gasteiger partial charge in [0, 0.05) is 31.7 Å². The second-order valence-electron chi connectivity index (χ2n) is 6.70. The van der Waals surface area contributed by atoms with Crippen LogP contribution in [-0.2, 0) is 16.0 Å². The van der Waals surface area contributed by atoms with E-state index in [-0.39, 0.29) is 0 Å². The first-order valence-corrected chi connectivity index (χ1v) is 8.43. The molecule has 0 unspecified atom stereocenters. The zero-order valence-corrected chi connectivity index (χ0v) is 13.9. The molecular formula is C16H28N4O2. The third-order valence-electron chi connectivity index (χ3n) is 5.06. The van der Waals surface area contributed by atoms with Crippen LogP contribution in [0.25, 0.3) is 0 Å². The zero-order chi connectivity index (χ0) is 15.5. The first kappa shape index (κ1) is 15.9. The van der Waals surface area contributed by atoms with E-state index in [1.807, 2.05) is 11.8 Å². The summed E-state index contributed by atoms with van der Waals surface area (Å²) in [5.74, 6) is 1.62. The molecule has 6 heteroatoms. The second-order valence-corrected chi connectivity index (χ2v) is 6.70. The molecule has 2 aliphatic rings. The Bertz CT molecular complexity index is 476. The molecule has 0 aromatic carbocycles. The van der Waals surface area contributed by atoms with Gasteiger partial charge in [-0.25, -0.2) is 9.67 Å². The molecule has 0 radical (unpaired) electrons. The summed E-state index contributed by atoms with van der Waals surface area (Å²) in [6, 6.07) is 0.772. The number of nitrogens with zero attached hydrogens (tertiary/aromatic N) is 4. The zero-order valence-electron chi connectivity index (χ0n) is 13.9. The average Bonchev–Trinajstić information content (AvgIpc) is 3.16. The fourth-order valence-electron chi connectivity index (χ4n) is 3.94. The highest BCUT2D eigenvalue weighted by molar-refractivity contribution is 4.94. The Morgan fingerprint density at radius 2 is 2.27 bits per heavy atom. The molecule has 0 N–H and O–H groups in total. The summed E-state index contributed by atoms with van der Waals surface area (Å²) in [6.07, 6.45) is 5.71. The lowest BCUT2D eigenvalue weighted by Gasteiger charge is -2.40. The van der Waals surface area contributed by atoms with Crippen molar-refractivity contribution in [3.05, 3.63) is 12.2 Å². The minimum atomic E-state index is 0.343. The van der Waals surface area contributed by atoms with Crippen molar-refractivity contribution < 1.29 is 9.47 Å². The van der Waals surface area contributed by atoms with Gasteiger partial charge in [0.25, 0.3) is 0 Å². The fraction of sp³-hybridized carbons (Fsp3) is 0.875. The van der Waals surface area contributed by atoms with Crippen LogP contribution >= 0.6 is 0 Å². The minimum Gasteiger partial charge on any atom is -0.381 e. The molecule has 1 aliphatic heterocycles. The van der Waals surface area contributed by atoms with Gasteiger partial charge in [0.2, 0.25) is 0 Å². The average molecular weight is 308 g/mol. The van der Waals surface area contributed by atoms with Crippen molar-refractivity contribution >= 4 is 0 Å². The van der Waals surface area contributed by atoms with E-state index in [4.69, 9.17) is 9.47 Å². The largest absolute Gasteiger partial charge is 0.381 e. The van der Waals surface area contributed by atoms with Crippen LogP contribution in [0.4, 0.5) is 0 Å². The van der Waals surface area contributed by atoms with Gasteiger partial charge in [-0.3, -0.25) is 4.90 Å². The maximum atomic E-state index is 5.77. The van der Waals surface area contributed by atoms with Gasteiger partial charge in [0.1, 0.15) is 12.2 Å². The molecule has 1 saturated heterocycles. The molecule has 1 saturated carbocycles. The Morgan fingerprint density at radius 3 is 3.05 bits per heavy atom. The lowest BCUT2D eigenvalue weighted by Crippen LogP contribution is -2.51. The Labute approximate surface area is 132 Å². The molecule has 0 amide bonds. The monoisotopic (exact) mass is 308 g/mol. The Kier molecular flexibility index (Phi) is 5.10. The van der Waals surface area contributed by atoms with Gasteiger partial charge >= 0.3 is 0 Å². The van der Waals surface area contributed by atoms with Crippen LogP contribution in [0.2, 0.25) is 0 Å². The van der Waals surface area contributed by atoms with Crippen LogP contribution in [0.3, 0.4) is 0 Å². The van der Waals surface area contributed by atoms with Gasteiger partial charge < -0.3 is 9.47 Å². The van der Waals surface area contributed by atoms with Crippen LogP contribution in [0.1, 0.15) is 45.0 Å². The number of ether oxygens (including phenoxy) is 2. The van der Waals surface area contributed by atoms with E-state index in [9.17, 15) is 0 Å². The van der Waals surface area contributed by atoms with E-state index in [0.29, 0.717) is 24.1 Å². The van der Waals surface area contributed by atoms with E-state index in [1.54, 1.807) is 6.33 Å². The summed E-state index contributed by atoms with van der Waals surface area (Å²) in [4.78, 5) is 6.99. The van der Waals surface area contributed by atoms with E-state index < -0.39 is 0 Å². The summed E-state index contributed by atoms with van der Waals surface area (Å²) >= 11 is 0. The van der Waals surface area contributed by atoms with E-state index >= 15 is 0 Å². The third-order valence-corrected chi connectivity index (χ3v) is 5.06. The maximum absolute atomic E-state index is 5.77. The van der Waals surface area contributed by atoms with Crippen LogP contribution < -0.4 is 0 Å². The summed E-state index contributed by atoms with van der Waals surface area (Å²) in [7, 11) is 1.84. The molecule has 2 heterocycles. The number of rotatable bonds is 5. The maximum Gasteiger partial charge on any atom is 0.141 e. The summed E-state index contributed by atoms with van der Waals surface area (Å²) < 4.78 is 13.5. The first-order chi connectivity index (χ1) is 10.7.